The second kappa shape index (κ2) is 6.16. The number of hydrogen-bond donors (Lipinski definition) is 2. The maximum absolute atomic E-state index is 11.5. The van der Waals surface area contributed by atoms with Crippen molar-refractivity contribution in [3.05, 3.63) is 29.8 Å². The molecule has 3 nitrogen and oxygen atoms in total. The summed E-state index contributed by atoms with van der Waals surface area (Å²) in [4.78, 5) is 11.5. The number of nitrogen functional groups attached to an aromatic ring is 1. The highest BCUT2D eigenvalue weighted by Gasteiger charge is 2.06. The number of aryl methyl sites for hydroxylation is 1. The maximum atomic E-state index is 11.5. The first kappa shape index (κ1) is 12.6. The largest absolute Gasteiger partial charge is 0.399 e. The Morgan fingerprint density at radius 3 is 2.75 bits per heavy atom. The van der Waals surface area contributed by atoms with Gasteiger partial charge in [0.15, 0.2) is 0 Å². The zero-order chi connectivity index (χ0) is 12.0. The summed E-state index contributed by atoms with van der Waals surface area (Å²) >= 11 is 0. The molecular formula is C13H20N2O. The van der Waals surface area contributed by atoms with Gasteiger partial charge in [0.2, 0.25) is 5.91 Å². The Balaban J connectivity index is 2.40. The van der Waals surface area contributed by atoms with Crippen molar-refractivity contribution in [3.8, 4) is 0 Å². The minimum atomic E-state index is 0.0950. The lowest BCUT2D eigenvalue weighted by molar-refractivity contribution is -0.121. The first-order chi connectivity index (χ1) is 7.63. The highest BCUT2D eigenvalue weighted by Crippen LogP contribution is 2.12. The number of rotatable bonds is 5. The number of carbonyl (C=O) groups is 1. The van der Waals surface area contributed by atoms with Gasteiger partial charge < -0.3 is 11.1 Å². The topological polar surface area (TPSA) is 55.1 Å². The van der Waals surface area contributed by atoms with E-state index in [0.29, 0.717) is 12.8 Å². The molecule has 1 unspecified atom stereocenters. The van der Waals surface area contributed by atoms with Gasteiger partial charge in [-0.2, -0.15) is 0 Å². The fraction of sp³-hybridized carbons (Fsp3) is 0.462. The molecule has 0 heterocycles. The zero-order valence-electron chi connectivity index (χ0n) is 9.99. The molecule has 3 N–H and O–H groups in total. The number of hydrogen-bond acceptors (Lipinski definition) is 2. The van der Waals surface area contributed by atoms with E-state index in [0.717, 1.165) is 17.7 Å². The molecule has 1 atom stereocenters. The number of nitrogens with one attached hydrogen (secondary N) is 1. The van der Waals surface area contributed by atoms with Gasteiger partial charge in [0.05, 0.1) is 0 Å². The summed E-state index contributed by atoms with van der Waals surface area (Å²) in [6.45, 7) is 4.06. The molecule has 0 aromatic heterocycles. The predicted molar refractivity (Wildman–Crippen MR) is 67.1 cm³/mol. The van der Waals surface area contributed by atoms with Gasteiger partial charge in [-0.1, -0.05) is 25.1 Å². The summed E-state index contributed by atoms with van der Waals surface area (Å²) in [6, 6.07) is 7.92. The van der Waals surface area contributed by atoms with Crippen molar-refractivity contribution < 1.29 is 4.79 Å². The molecule has 1 aromatic rings. The molecule has 1 amide bonds. The molecular weight excluding hydrogens is 200 g/mol. The van der Waals surface area contributed by atoms with E-state index in [9.17, 15) is 4.79 Å². The summed E-state index contributed by atoms with van der Waals surface area (Å²) in [7, 11) is 0. The molecule has 88 valence electrons. The van der Waals surface area contributed by atoms with Gasteiger partial charge in [0.25, 0.3) is 0 Å². The van der Waals surface area contributed by atoms with E-state index in [1.807, 2.05) is 31.2 Å². The molecule has 0 aliphatic rings. The van der Waals surface area contributed by atoms with Gasteiger partial charge in [-0.25, -0.2) is 0 Å². The molecule has 1 rings (SSSR count). The number of nitrogens with two attached hydrogens (primary N) is 1. The molecule has 0 saturated carbocycles. The molecule has 1 aromatic carbocycles. The SMILES string of the molecule is CCC(C)NC(=O)CCc1ccccc1N. The number of amides is 1. The second-order valence-corrected chi connectivity index (χ2v) is 4.08. The highest BCUT2D eigenvalue weighted by molar-refractivity contribution is 5.76. The van der Waals surface area contributed by atoms with E-state index in [1.165, 1.54) is 0 Å². The third-order valence-corrected chi connectivity index (χ3v) is 2.70. The Morgan fingerprint density at radius 1 is 1.44 bits per heavy atom. The average molecular weight is 220 g/mol. The number of benzene rings is 1. The van der Waals surface area contributed by atoms with Crippen LogP contribution in [0.15, 0.2) is 24.3 Å². The Morgan fingerprint density at radius 2 is 2.12 bits per heavy atom. The van der Waals surface area contributed by atoms with E-state index < -0.39 is 0 Å². The van der Waals surface area contributed by atoms with E-state index >= 15 is 0 Å². The van der Waals surface area contributed by atoms with Crippen LogP contribution in [0, 0.1) is 0 Å². The Labute approximate surface area is 97.0 Å². The van der Waals surface area contributed by atoms with Crippen LogP contribution in [0.4, 0.5) is 5.69 Å². The van der Waals surface area contributed by atoms with Crippen LogP contribution in [0.25, 0.3) is 0 Å². The zero-order valence-corrected chi connectivity index (χ0v) is 9.99. The van der Waals surface area contributed by atoms with Gasteiger partial charge in [-0.3, -0.25) is 4.79 Å². The van der Waals surface area contributed by atoms with E-state index in [4.69, 9.17) is 5.73 Å². The fourth-order valence-corrected chi connectivity index (χ4v) is 1.46. The lowest BCUT2D eigenvalue weighted by atomic mass is 10.1. The van der Waals surface area contributed by atoms with Crippen LogP contribution >= 0.6 is 0 Å². The number of para-hydroxylation sites is 1. The first-order valence-electron chi connectivity index (χ1n) is 5.76. The Hall–Kier alpha value is -1.51. The molecule has 16 heavy (non-hydrogen) atoms. The van der Waals surface area contributed by atoms with Crippen LogP contribution in [0.2, 0.25) is 0 Å². The summed E-state index contributed by atoms with van der Waals surface area (Å²) in [5.74, 6) is 0.0950. The monoisotopic (exact) mass is 220 g/mol. The van der Waals surface area contributed by atoms with Crippen LogP contribution in [0.1, 0.15) is 32.3 Å². The standard InChI is InChI=1S/C13H20N2O/c1-3-10(2)15-13(16)9-8-11-6-4-5-7-12(11)14/h4-7,10H,3,8-9,14H2,1-2H3,(H,15,16). The lowest BCUT2D eigenvalue weighted by Crippen LogP contribution is -2.32. The Kier molecular flexibility index (Phi) is 4.83. The van der Waals surface area contributed by atoms with Crippen molar-refractivity contribution in [2.45, 2.75) is 39.2 Å². The molecule has 0 aliphatic carbocycles. The maximum Gasteiger partial charge on any atom is 0.220 e. The van der Waals surface area contributed by atoms with E-state index in [2.05, 4.69) is 12.2 Å². The second-order valence-electron chi connectivity index (χ2n) is 4.08. The van der Waals surface area contributed by atoms with E-state index in [1.54, 1.807) is 0 Å². The normalized spacial score (nSPS) is 12.1. The summed E-state index contributed by atoms with van der Waals surface area (Å²) < 4.78 is 0. The minimum Gasteiger partial charge on any atom is -0.399 e. The molecule has 0 aliphatic heterocycles. The number of carbonyl (C=O) groups excluding carboxylic acids is 1. The van der Waals surface area contributed by atoms with Gasteiger partial charge >= 0.3 is 0 Å². The van der Waals surface area contributed by atoms with Crippen molar-refractivity contribution in [2.75, 3.05) is 5.73 Å². The van der Waals surface area contributed by atoms with Crippen molar-refractivity contribution in [2.24, 2.45) is 0 Å². The first-order valence-corrected chi connectivity index (χ1v) is 5.76. The van der Waals surface area contributed by atoms with Gasteiger partial charge in [0.1, 0.15) is 0 Å². The molecule has 0 saturated heterocycles. The van der Waals surface area contributed by atoms with Crippen LogP contribution in [-0.4, -0.2) is 11.9 Å². The smallest absolute Gasteiger partial charge is 0.220 e. The van der Waals surface area contributed by atoms with Gasteiger partial charge in [-0.05, 0) is 31.4 Å². The molecule has 0 fully saturated rings. The van der Waals surface area contributed by atoms with Crippen LogP contribution in [0.5, 0.6) is 0 Å². The fourth-order valence-electron chi connectivity index (χ4n) is 1.46. The Bertz CT molecular complexity index is 350. The van der Waals surface area contributed by atoms with Crippen LogP contribution in [-0.2, 0) is 11.2 Å². The summed E-state index contributed by atoms with van der Waals surface area (Å²) in [5.41, 5.74) is 7.61. The molecule has 0 bridgehead atoms. The van der Waals surface area contributed by atoms with Crippen molar-refractivity contribution in [3.63, 3.8) is 0 Å². The predicted octanol–water partition coefficient (Wildman–Crippen LogP) is 2.12. The average Bonchev–Trinajstić information content (AvgIpc) is 2.28. The quantitative estimate of drug-likeness (QED) is 0.747. The minimum absolute atomic E-state index is 0.0950. The van der Waals surface area contributed by atoms with Crippen LogP contribution < -0.4 is 11.1 Å². The van der Waals surface area contributed by atoms with Crippen molar-refractivity contribution >= 4 is 11.6 Å². The highest BCUT2D eigenvalue weighted by atomic mass is 16.1. The van der Waals surface area contributed by atoms with Crippen molar-refractivity contribution in [1.29, 1.82) is 0 Å². The number of anilines is 1. The van der Waals surface area contributed by atoms with E-state index in [-0.39, 0.29) is 11.9 Å². The molecule has 0 radical (unpaired) electrons. The van der Waals surface area contributed by atoms with Crippen LogP contribution in [0.3, 0.4) is 0 Å². The third-order valence-electron chi connectivity index (χ3n) is 2.70. The third kappa shape index (κ3) is 3.93. The van der Waals surface area contributed by atoms with Gasteiger partial charge in [0, 0.05) is 18.2 Å². The molecule has 3 heteroatoms. The van der Waals surface area contributed by atoms with Gasteiger partial charge in [-0.15, -0.1) is 0 Å². The molecule has 0 spiro atoms. The van der Waals surface area contributed by atoms with Crippen molar-refractivity contribution in [1.82, 2.24) is 5.32 Å². The summed E-state index contributed by atoms with van der Waals surface area (Å²) in [6.07, 6.45) is 2.16. The lowest BCUT2D eigenvalue weighted by Gasteiger charge is -2.11. The summed E-state index contributed by atoms with van der Waals surface area (Å²) in [5, 5.41) is 2.94.